The first kappa shape index (κ1) is 13.2. The Bertz CT molecular complexity index is 537. The largest absolute Gasteiger partial charge is 0.496 e. The van der Waals surface area contributed by atoms with Gasteiger partial charge in [0.25, 0.3) is 0 Å². The fraction of sp³-hybridized carbons (Fsp3) is 0.333. The summed E-state index contributed by atoms with van der Waals surface area (Å²) in [5, 5.41) is 3.17. The Labute approximate surface area is 116 Å². The normalized spacial score (nSPS) is 10.6. The van der Waals surface area contributed by atoms with E-state index in [1.165, 1.54) is 0 Å². The third kappa shape index (κ3) is 2.61. The van der Waals surface area contributed by atoms with Crippen LogP contribution in [-0.2, 0) is 0 Å². The first-order chi connectivity index (χ1) is 8.77. The van der Waals surface area contributed by atoms with Crippen LogP contribution in [-0.4, -0.2) is 19.0 Å². The van der Waals surface area contributed by atoms with Crippen molar-refractivity contribution in [2.24, 2.45) is 0 Å². The molecule has 0 saturated carbocycles. The standard InChI is InChI=1S/C15H17BrO2/c1-11-10-14(18-9-5-8-16)12-6-3-4-7-13(12)15(11)17-2/h3-4,6-7,10H,5,8-9H2,1-2H3. The number of benzene rings is 2. The molecule has 0 amide bonds. The number of halogens is 1. The van der Waals surface area contributed by atoms with Gasteiger partial charge in [-0.1, -0.05) is 40.2 Å². The molecular formula is C15H17BrO2. The second kappa shape index (κ2) is 6.10. The summed E-state index contributed by atoms with van der Waals surface area (Å²) in [6.45, 7) is 2.77. The summed E-state index contributed by atoms with van der Waals surface area (Å²) in [6.07, 6.45) is 0.999. The molecule has 0 saturated heterocycles. The lowest BCUT2D eigenvalue weighted by atomic mass is 10.0. The fourth-order valence-corrected chi connectivity index (χ4v) is 2.30. The zero-order chi connectivity index (χ0) is 13.0. The van der Waals surface area contributed by atoms with Crippen LogP contribution in [0.3, 0.4) is 0 Å². The molecule has 0 atom stereocenters. The van der Waals surface area contributed by atoms with Gasteiger partial charge in [0.2, 0.25) is 0 Å². The van der Waals surface area contributed by atoms with E-state index in [4.69, 9.17) is 9.47 Å². The second-order valence-corrected chi connectivity index (χ2v) is 4.95. The lowest BCUT2D eigenvalue weighted by Gasteiger charge is -2.14. The van der Waals surface area contributed by atoms with Crippen LogP contribution in [0.1, 0.15) is 12.0 Å². The summed E-state index contributed by atoms with van der Waals surface area (Å²) in [7, 11) is 1.71. The van der Waals surface area contributed by atoms with Crippen molar-refractivity contribution in [2.45, 2.75) is 13.3 Å². The Hall–Kier alpha value is -1.22. The monoisotopic (exact) mass is 308 g/mol. The van der Waals surface area contributed by atoms with Gasteiger partial charge in [0.15, 0.2) is 0 Å². The molecule has 0 aliphatic rings. The van der Waals surface area contributed by atoms with Gasteiger partial charge in [-0.25, -0.2) is 0 Å². The molecule has 2 nitrogen and oxygen atoms in total. The van der Waals surface area contributed by atoms with E-state index in [1.54, 1.807) is 7.11 Å². The summed E-state index contributed by atoms with van der Waals surface area (Å²) < 4.78 is 11.3. The lowest BCUT2D eigenvalue weighted by Crippen LogP contribution is -1.99. The quantitative estimate of drug-likeness (QED) is 0.605. The maximum absolute atomic E-state index is 5.85. The minimum absolute atomic E-state index is 0.723. The van der Waals surface area contributed by atoms with Crippen LogP contribution in [0.25, 0.3) is 10.8 Å². The van der Waals surface area contributed by atoms with Crippen LogP contribution in [0.4, 0.5) is 0 Å². The van der Waals surface area contributed by atoms with Crippen molar-refractivity contribution >= 4 is 26.7 Å². The van der Waals surface area contributed by atoms with Crippen molar-refractivity contribution in [2.75, 3.05) is 19.0 Å². The third-order valence-corrected chi connectivity index (χ3v) is 3.44. The SMILES string of the molecule is COc1c(C)cc(OCCCBr)c2ccccc12. The Morgan fingerprint density at radius 1 is 1.17 bits per heavy atom. The highest BCUT2D eigenvalue weighted by Crippen LogP contribution is 2.36. The van der Waals surface area contributed by atoms with Gasteiger partial charge in [0.05, 0.1) is 13.7 Å². The molecule has 0 N–H and O–H groups in total. The molecule has 0 spiro atoms. The minimum atomic E-state index is 0.723. The maximum Gasteiger partial charge on any atom is 0.129 e. The topological polar surface area (TPSA) is 18.5 Å². The molecule has 0 bridgehead atoms. The maximum atomic E-state index is 5.85. The Morgan fingerprint density at radius 2 is 1.89 bits per heavy atom. The minimum Gasteiger partial charge on any atom is -0.496 e. The van der Waals surface area contributed by atoms with Crippen molar-refractivity contribution in [1.82, 2.24) is 0 Å². The zero-order valence-electron chi connectivity index (χ0n) is 10.7. The Balaban J connectivity index is 2.47. The van der Waals surface area contributed by atoms with Crippen LogP contribution in [0.2, 0.25) is 0 Å². The molecule has 3 heteroatoms. The summed E-state index contributed by atoms with van der Waals surface area (Å²) >= 11 is 3.41. The van der Waals surface area contributed by atoms with Gasteiger partial charge < -0.3 is 9.47 Å². The number of aryl methyl sites for hydroxylation is 1. The first-order valence-corrected chi connectivity index (χ1v) is 7.15. The van der Waals surface area contributed by atoms with E-state index < -0.39 is 0 Å². The summed E-state index contributed by atoms with van der Waals surface area (Å²) in [5.74, 6) is 1.86. The van der Waals surface area contributed by atoms with E-state index in [0.717, 1.165) is 46.2 Å². The first-order valence-electron chi connectivity index (χ1n) is 6.03. The molecule has 18 heavy (non-hydrogen) atoms. The number of fused-ring (bicyclic) bond motifs is 1. The van der Waals surface area contributed by atoms with E-state index in [-0.39, 0.29) is 0 Å². The van der Waals surface area contributed by atoms with Gasteiger partial charge in [-0.3, -0.25) is 0 Å². The molecular weight excluding hydrogens is 292 g/mol. The predicted molar refractivity (Wildman–Crippen MR) is 79.1 cm³/mol. The molecule has 0 fully saturated rings. The molecule has 2 aromatic carbocycles. The third-order valence-electron chi connectivity index (χ3n) is 2.88. The van der Waals surface area contributed by atoms with Crippen molar-refractivity contribution < 1.29 is 9.47 Å². The van der Waals surface area contributed by atoms with Crippen LogP contribution >= 0.6 is 15.9 Å². The van der Waals surface area contributed by atoms with Crippen LogP contribution in [0.5, 0.6) is 11.5 Å². The number of methoxy groups -OCH3 is 1. The fourth-order valence-electron chi connectivity index (χ4n) is 2.08. The molecule has 2 rings (SSSR count). The lowest BCUT2D eigenvalue weighted by molar-refractivity contribution is 0.322. The van der Waals surface area contributed by atoms with Crippen LogP contribution < -0.4 is 9.47 Å². The Kier molecular flexibility index (Phi) is 4.48. The average molecular weight is 309 g/mol. The van der Waals surface area contributed by atoms with E-state index in [1.807, 2.05) is 19.1 Å². The van der Waals surface area contributed by atoms with Crippen molar-refractivity contribution in [3.63, 3.8) is 0 Å². The van der Waals surface area contributed by atoms with Crippen LogP contribution in [0.15, 0.2) is 30.3 Å². The number of ether oxygens (including phenoxy) is 2. The summed E-state index contributed by atoms with van der Waals surface area (Å²) in [5.41, 5.74) is 1.10. The summed E-state index contributed by atoms with van der Waals surface area (Å²) in [4.78, 5) is 0. The van der Waals surface area contributed by atoms with E-state index in [2.05, 4.69) is 34.1 Å². The molecule has 0 aliphatic heterocycles. The van der Waals surface area contributed by atoms with E-state index in [0.29, 0.717) is 0 Å². The van der Waals surface area contributed by atoms with Crippen LogP contribution in [0, 0.1) is 6.92 Å². The Morgan fingerprint density at radius 3 is 2.56 bits per heavy atom. The summed E-state index contributed by atoms with van der Waals surface area (Å²) in [6, 6.07) is 10.2. The molecule has 0 radical (unpaired) electrons. The van der Waals surface area contributed by atoms with Crippen molar-refractivity contribution in [3.05, 3.63) is 35.9 Å². The van der Waals surface area contributed by atoms with Gasteiger partial charge in [-0.05, 0) is 25.0 Å². The van der Waals surface area contributed by atoms with Gasteiger partial charge in [-0.15, -0.1) is 0 Å². The molecule has 96 valence electrons. The molecule has 0 aliphatic carbocycles. The van der Waals surface area contributed by atoms with E-state index >= 15 is 0 Å². The highest BCUT2D eigenvalue weighted by atomic mass is 79.9. The zero-order valence-corrected chi connectivity index (χ0v) is 12.3. The second-order valence-electron chi connectivity index (χ2n) is 4.16. The molecule has 0 aromatic heterocycles. The van der Waals surface area contributed by atoms with E-state index in [9.17, 15) is 0 Å². The van der Waals surface area contributed by atoms with Gasteiger partial charge in [-0.2, -0.15) is 0 Å². The number of alkyl halides is 1. The average Bonchev–Trinajstić information content (AvgIpc) is 2.39. The number of hydrogen-bond acceptors (Lipinski definition) is 2. The number of rotatable bonds is 5. The van der Waals surface area contributed by atoms with Gasteiger partial charge in [0, 0.05) is 16.1 Å². The molecule has 2 aromatic rings. The highest BCUT2D eigenvalue weighted by molar-refractivity contribution is 9.09. The smallest absolute Gasteiger partial charge is 0.129 e. The highest BCUT2D eigenvalue weighted by Gasteiger charge is 2.10. The molecule has 0 heterocycles. The van der Waals surface area contributed by atoms with Gasteiger partial charge in [0.1, 0.15) is 11.5 Å². The van der Waals surface area contributed by atoms with Crippen molar-refractivity contribution in [1.29, 1.82) is 0 Å². The van der Waals surface area contributed by atoms with Gasteiger partial charge >= 0.3 is 0 Å². The molecule has 0 unspecified atom stereocenters. The number of hydrogen-bond donors (Lipinski definition) is 0. The van der Waals surface area contributed by atoms with Crippen molar-refractivity contribution in [3.8, 4) is 11.5 Å². The predicted octanol–water partition coefficient (Wildman–Crippen LogP) is 4.32.